The fraction of sp³-hybridized carbons (Fsp3) is 0.250. The second kappa shape index (κ2) is 4.17. The van der Waals surface area contributed by atoms with Gasteiger partial charge < -0.3 is 10.5 Å². The van der Waals surface area contributed by atoms with Crippen LogP contribution >= 0.6 is 0 Å². The van der Waals surface area contributed by atoms with Crippen molar-refractivity contribution in [2.75, 3.05) is 0 Å². The zero-order valence-electron chi connectivity index (χ0n) is 8.52. The minimum absolute atomic E-state index is 0.386. The summed E-state index contributed by atoms with van der Waals surface area (Å²) in [4.78, 5) is 4.19. The molecule has 15 heavy (non-hydrogen) atoms. The van der Waals surface area contributed by atoms with Crippen LogP contribution in [0.25, 0.3) is 6.08 Å². The second-order valence-electron chi connectivity index (χ2n) is 3.60. The number of ether oxygens (including phenoxy) is 1. The van der Waals surface area contributed by atoms with E-state index >= 15 is 0 Å². The lowest BCUT2D eigenvalue weighted by atomic mass is 10.2. The highest BCUT2D eigenvalue weighted by atomic mass is 16.5. The number of nitrogens with two attached hydrogens (primary N) is 1. The molecule has 78 valence electrons. The van der Waals surface area contributed by atoms with Gasteiger partial charge in [0.15, 0.2) is 0 Å². The van der Waals surface area contributed by atoms with E-state index in [0.29, 0.717) is 17.7 Å². The molecule has 0 spiro atoms. The fourth-order valence-electron chi connectivity index (χ4n) is 1.15. The third-order valence-corrected chi connectivity index (χ3v) is 2.14. The van der Waals surface area contributed by atoms with Gasteiger partial charge in [-0.25, -0.2) is 4.98 Å². The molecule has 3 heteroatoms. The topological polar surface area (TPSA) is 48.1 Å². The summed E-state index contributed by atoms with van der Waals surface area (Å²) in [5.74, 6) is 0.687. The highest BCUT2D eigenvalue weighted by molar-refractivity contribution is 5.53. The maximum Gasteiger partial charge on any atom is 0.213 e. The molecule has 2 N–H and O–H groups in total. The fourth-order valence-corrected chi connectivity index (χ4v) is 1.15. The third-order valence-electron chi connectivity index (χ3n) is 2.14. The quantitative estimate of drug-likeness (QED) is 0.761. The van der Waals surface area contributed by atoms with Gasteiger partial charge in [-0.05, 0) is 36.6 Å². The Bertz CT molecular complexity index is 377. The zero-order chi connectivity index (χ0) is 10.7. The maximum absolute atomic E-state index is 5.62. The SMILES string of the molecule is C=C/C(N)=C/c1ccc(OC2CC2)nc1. The molecule has 0 atom stereocenters. The van der Waals surface area contributed by atoms with Crippen molar-refractivity contribution in [1.29, 1.82) is 0 Å². The molecule has 0 aliphatic heterocycles. The average molecular weight is 202 g/mol. The molecule has 1 aliphatic rings. The lowest BCUT2D eigenvalue weighted by molar-refractivity contribution is 0.291. The lowest BCUT2D eigenvalue weighted by Crippen LogP contribution is -1.98. The number of nitrogens with zero attached hydrogens (tertiary/aromatic N) is 1. The van der Waals surface area contributed by atoms with Gasteiger partial charge >= 0.3 is 0 Å². The van der Waals surface area contributed by atoms with Gasteiger partial charge in [-0.3, -0.25) is 0 Å². The molecular weight excluding hydrogens is 188 g/mol. The minimum Gasteiger partial charge on any atom is -0.474 e. The zero-order valence-corrected chi connectivity index (χ0v) is 8.52. The van der Waals surface area contributed by atoms with Crippen molar-refractivity contribution in [3.63, 3.8) is 0 Å². The van der Waals surface area contributed by atoms with Crippen LogP contribution in [0.15, 0.2) is 36.7 Å². The standard InChI is InChI=1S/C12H14N2O/c1-2-10(13)7-9-3-6-12(14-8-9)15-11-4-5-11/h2-3,6-8,11H,1,4-5,13H2/b10-7-. The van der Waals surface area contributed by atoms with Crippen molar-refractivity contribution in [3.05, 3.63) is 42.2 Å². The molecule has 0 bridgehead atoms. The molecule has 1 fully saturated rings. The van der Waals surface area contributed by atoms with Gasteiger partial charge in [0.05, 0.1) is 0 Å². The van der Waals surface area contributed by atoms with Crippen molar-refractivity contribution >= 4 is 6.08 Å². The molecule has 1 aliphatic carbocycles. The number of hydrogen-bond acceptors (Lipinski definition) is 3. The summed E-state index contributed by atoms with van der Waals surface area (Å²) in [6.45, 7) is 3.58. The van der Waals surface area contributed by atoms with E-state index in [1.165, 1.54) is 0 Å². The van der Waals surface area contributed by atoms with Crippen LogP contribution in [0, 0.1) is 0 Å². The summed E-state index contributed by atoms with van der Waals surface area (Å²) < 4.78 is 5.53. The average Bonchev–Trinajstić information content (AvgIpc) is 3.05. The molecule has 0 amide bonds. The molecular formula is C12H14N2O. The summed E-state index contributed by atoms with van der Waals surface area (Å²) in [6, 6.07) is 3.79. The molecule has 0 radical (unpaired) electrons. The molecule has 1 aromatic heterocycles. The Morgan fingerprint density at radius 2 is 2.33 bits per heavy atom. The Kier molecular flexibility index (Phi) is 2.72. The number of aromatic nitrogens is 1. The molecule has 0 unspecified atom stereocenters. The van der Waals surface area contributed by atoms with Crippen LogP contribution in [-0.4, -0.2) is 11.1 Å². The van der Waals surface area contributed by atoms with Crippen LogP contribution in [0.1, 0.15) is 18.4 Å². The Labute approximate surface area is 89.3 Å². The first-order chi connectivity index (χ1) is 7.28. The van der Waals surface area contributed by atoms with Crippen LogP contribution in [0.2, 0.25) is 0 Å². The Balaban J connectivity index is 2.05. The first kappa shape index (κ1) is 9.77. The van der Waals surface area contributed by atoms with Crippen LogP contribution in [0.3, 0.4) is 0 Å². The van der Waals surface area contributed by atoms with Crippen LogP contribution in [-0.2, 0) is 0 Å². The van der Waals surface area contributed by atoms with E-state index in [1.54, 1.807) is 12.3 Å². The van der Waals surface area contributed by atoms with Gasteiger partial charge in [-0.1, -0.05) is 6.58 Å². The largest absolute Gasteiger partial charge is 0.474 e. The Hall–Kier alpha value is -1.77. The molecule has 0 saturated heterocycles. The van der Waals surface area contributed by atoms with E-state index in [2.05, 4.69) is 11.6 Å². The van der Waals surface area contributed by atoms with Crippen molar-refractivity contribution in [2.45, 2.75) is 18.9 Å². The van der Waals surface area contributed by atoms with Gasteiger partial charge in [-0.15, -0.1) is 0 Å². The molecule has 1 heterocycles. The summed E-state index contributed by atoms with van der Waals surface area (Å²) in [5.41, 5.74) is 7.20. The maximum atomic E-state index is 5.62. The van der Waals surface area contributed by atoms with E-state index < -0.39 is 0 Å². The summed E-state index contributed by atoms with van der Waals surface area (Å²) in [7, 11) is 0. The number of hydrogen-bond donors (Lipinski definition) is 1. The Morgan fingerprint density at radius 3 is 2.87 bits per heavy atom. The van der Waals surface area contributed by atoms with Gasteiger partial charge in [0.25, 0.3) is 0 Å². The number of rotatable bonds is 4. The predicted molar refractivity (Wildman–Crippen MR) is 60.2 cm³/mol. The summed E-state index contributed by atoms with van der Waals surface area (Å²) in [5, 5.41) is 0. The minimum atomic E-state index is 0.386. The van der Waals surface area contributed by atoms with Crippen LogP contribution in [0.4, 0.5) is 0 Å². The van der Waals surface area contributed by atoms with E-state index in [9.17, 15) is 0 Å². The third kappa shape index (κ3) is 2.84. The van der Waals surface area contributed by atoms with E-state index in [-0.39, 0.29) is 0 Å². The van der Waals surface area contributed by atoms with Crippen LogP contribution in [0.5, 0.6) is 5.88 Å². The van der Waals surface area contributed by atoms with Gasteiger partial charge in [0.2, 0.25) is 5.88 Å². The highest BCUT2D eigenvalue weighted by Gasteiger charge is 2.23. The van der Waals surface area contributed by atoms with E-state index in [4.69, 9.17) is 10.5 Å². The molecule has 2 rings (SSSR count). The summed E-state index contributed by atoms with van der Waals surface area (Å²) >= 11 is 0. The number of allylic oxidation sites excluding steroid dienone is 1. The monoisotopic (exact) mass is 202 g/mol. The van der Waals surface area contributed by atoms with Gasteiger partial charge in [-0.2, -0.15) is 0 Å². The predicted octanol–water partition coefficient (Wildman–Crippen LogP) is 2.11. The van der Waals surface area contributed by atoms with E-state index in [1.807, 2.05) is 18.2 Å². The first-order valence-corrected chi connectivity index (χ1v) is 5.00. The number of pyridine rings is 1. The van der Waals surface area contributed by atoms with Crippen molar-refractivity contribution in [3.8, 4) is 5.88 Å². The normalized spacial score (nSPS) is 16.1. The smallest absolute Gasteiger partial charge is 0.213 e. The molecule has 1 aromatic rings. The van der Waals surface area contributed by atoms with E-state index in [0.717, 1.165) is 18.4 Å². The lowest BCUT2D eigenvalue weighted by Gasteiger charge is -2.02. The molecule has 0 aromatic carbocycles. The van der Waals surface area contributed by atoms with Gasteiger partial charge in [0.1, 0.15) is 6.10 Å². The summed E-state index contributed by atoms with van der Waals surface area (Å²) in [6.07, 6.45) is 7.85. The van der Waals surface area contributed by atoms with Crippen molar-refractivity contribution < 1.29 is 4.74 Å². The first-order valence-electron chi connectivity index (χ1n) is 5.00. The van der Waals surface area contributed by atoms with Crippen molar-refractivity contribution in [1.82, 2.24) is 4.98 Å². The van der Waals surface area contributed by atoms with Gasteiger partial charge in [0, 0.05) is 18.0 Å². The Morgan fingerprint density at radius 1 is 1.53 bits per heavy atom. The highest BCUT2D eigenvalue weighted by Crippen LogP contribution is 2.25. The molecule has 1 saturated carbocycles. The molecule has 3 nitrogen and oxygen atoms in total. The van der Waals surface area contributed by atoms with Crippen molar-refractivity contribution in [2.24, 2.45) is 5.73 Å². The second-order valence-corrected chi connectivity index (χ2v) is 3.60. The van der Waals surface area contributed by atoms with Crippen LogP contribution < -0.4 is 10.5 Å².